The van der Waals surface area contributed by atoms with Gasteiger partial charge < -0.3 is 10.1 Å². The molecule has 1 rings (SSSR count). The zero-order valence-corrected chi connectivity index (χ0v) is 20.8. The molecule has 1 aliphatic carbocycles. The van der Waals surface area contributed by atoms with Crippen LogP contribution in [0.2, 0.25) is 0 Å². The smallest absolute Gasteiger partial charge is 0.407 e. The highest BCUT2D eigenvalue weighted by Crippen LogP contribution is 2.46. The van der Waals surface area contributed by atoms with Crippen LogP contribution in [0.4, 0.5) is 4.79 Å². The Morgan fingerprint density at radius 1 is 1.09 bits per heavy atom. The number of hydrogen-bond acceptors (Lipinski definition) is 6. The zero-order valence-electron chi connectivity index (χ0n) is 20.8. The van der Waals surface area contributed by atoms with Crippen molar-refractivity contribution in [2.45, 2.75) is 98.1 Å². The Hall–Kier alpha value is -1.73. The predicted molar refractivity (Wildman–Crippen MR) is 132 cm³/mol. The van der Waals surface area contributed by atoms with Gasteiger partial charge in [-0.3, -0.25) is 15.2 Å². The highest BCUT2D eigenvalue weighted by Gasteiger charge is 2.47. The third-order valence-electron chi connectivity index (χ3n) is 5.81. The number of alkyl carbamates (subject to hydrolysis) is 1. The van der Waals surface area contributed by atoms with E-state index in [4.69, 9.17) is 9.73 Å². The minimum Gasteiger partial charge on any atom is -0.449 e. The van der Waals surface area contributed by atoms with Crippen LogP contribution in [-0.4, -0.2) is 55.5 Å². The molecule has 7 nitrogen and oxygen atoms in total. The number of allylic oxidation sites excluding steroid dienone is 1. The standard InChI is InChI=1S/C25H46N4O3/c1-5-14-22(30)15-11-9-10-12-20-29(28-8-4)23(26-18-6-2)25(16-13-17-25)21-32-24(31)27-19-7-3/h9-10,18,23,28H,5-8,11-17,19-21H2,1-4H3,(H,27,31)/b10-9-,26-18?. The van der Waals surface area contributed by atoms with Crippen molar-refractivity contribution in [2.75, 3.05) is 26.2 Å². The maximum absolute atomic E-state index is 12.0. The molecule has 0 aromatic rings. The van der Waals surface area contributed by atoms with Crippen LogP contribution in [0.3, 0.4) is 0 Å². The quantitative estimate of drug-likeness (QED) is 0.174. The van der Waals surface area contributed by atoms with Crippen molar-refractivity contribution in [3.63, 3.8) is 0 Å². The first-order valence-corrected chi connectivity index (χ1v) is 12.6. The van der Waals surface area contributed by atoms with Gasteiger partial charge in [0, 0.05) is 44.1 Å². The summed E-state index contributed by atoms with van der Waals surface area (Å²) in [5, 5.41) is 5.01. The summed E-state index contributed by atoms with van der Waals surface area (Å²) in [5.74, 6) is 0.343. The average Bonchev–Trinajstić information content (AvgIpc) is 2.75. The van der Waals surface area contributed by atoms with Crippen molar-refractivity contribution < 1.29 is 14.3 Å². The lowest BCUT2D eigenvalue weighted by molar-refractivity contribution is -0.119. The van der Waals surface area contributed by atoms with Crippen molar-refractivity contribution in [3.8, 4) is 0 Å². The third kappa shape index (κ3) is 10.3. The number of carbonyl (C=O) groups is 2. The maximum atomic E-state index is 12.0. The van der Waals surface area contributed by atoms with Gasteiger partial charge in [0.25, 0.3) is 0 Å². The van der Waals surface area contributed by atoms with Gasteiger partial charge in [-0.2, -0.15) is 0 Å². The molecule has 0 aliphatic heterocycles. The number of aliphatic imine (C=N–C) groups is 1. The van der Waals surface area contributed by atoms with Gasteiger partial charge in [0.2, 0.25) is 0 Å². The zero-order chi connectivity index (χ0) is 23.7. The molecule has 1 unspecified atom stereocenters. The monoisotopic (exact) mass is 450 g/mol. The normalized spacial score (nSPS) is 16.4. The number of Topliss-reactive ketones (excluding diaryl/α,β-unsaturated/α-hetero) is 1. The van der Waals surface area contributed by atoms with Crippen LogP contribution in [0.25, 0.3) is 0 Å². The van der Waals surface area contributed by atoms with Crippen LogP contribution in [0.15, 0.2) is 17.1 Å². The lowest BCUT2D eigenvalue weighted by Crippen LogP contribution is -2.58. The lowest BCUT2D eigenvalue weighted by Gasteiger charge is -2.49. The van der Waals surface area contributed by atoms with E-state index < -0.39 is 0 Å². The second-order valence-corrected chi connectivity index (χ2v) is 8.62. The largest absolute Gasteiger partial charge is 0.449 e. The number of hydrogen-bond donors (Lipinski definition) is 2. The van der Waals surface area contributed by atoms with E-state index in [1.807, 2.05) is 20.1 Å². The molecule has 32 heavy (non-hydrogen) atoms. The molecular weight excluding hydrogens is 404 g/mol. The molecule has 184 valence electrons. The third-order valence-corrected chi connectivity index (χ3v) is 5.81. The van der Waals surface area contributed by atoms with E-state index in [1.54, 1.807) is 0 Å². The van der Waals surface area contributed by atoms with Gasteiger partial charge in [-0.1, -0.05) is 46.3 Å². The molecule has 2 N–H and O–H groups in total. The number of carbonyl (C=O) groups excluding carboxylic acids is 2. The molecule has 0 aromatic heterocycles. The van der Waals surface area contributed by atoms with Gasteiger partial charge in [0.1, 0.15) is 18.6 Å². The van der Waals surface area contributed by atoms with Crippen LogP contribution in [0.1, 0.15) is 91.9 Å². The number of ether oxygens (including phenoxy) is 1. The van der Waals surface area contributed by atoms with Crippen molar-refractivity contribution in [2.24, 2.45) is 10.4 Å². The van der Waals surface area contributed by atoms with E-state index in [2.05, 4.69) is 41.8 Å². The fourth-order valence-corrected chi connectivity index (χ4v) is 3.96. The van der Waals surface area contributed by atoms with E-state index in [1.165, 1.54) is 0 Å². The highest BCUT2D eigenvalue weighted by molar-refractivity contribution is 5.78. The molecule has 0 saturated heterocycles. The number of nitrogens with zero attached hydrogens (tertiary/aromatic N) is 2. The van der Waals surface area contributed by atoms with Gasteiger partial charge in [0.15, 0.2) is 0 Å². The Kier molecular flexibility index (Phi) is 14.9. The first-order chi connectivity index (χ1) is 15.5. The topological polar surface area (TPSA) is 83.0 Å². The van der Waals surface area contributed by atoms with E-state index in [9.17, 15) is 9.59 Å². The molecule has 0 aromatic carbocycles. The lowest BCUT2D eigenvalue weighted by atomic mass is 9.67. The molecular formula is C25H46N4O3. The van der Waals surface area contributed by atoms with Crippen molar-refractivity contribution in [1.29, 1.82) is 0 Å². The van der Waals surface area contributed by atoms with E-state index >= 15 is 0 Å². The van der Waals surface area contributed by atoms with Gasteiger partial charge in [-0.05, 0) is 44.9 Å². The predicted octanol–water partition coefficient (Wildman–Crippen LogP) is 5.02. The first kappa shape index (κ1) is 28.3. The molecule has 1 amide bonds. The summed E-state index contributed by atoms with van der Waals surface area (Å²) in [7, 11) is 0. The minimum atomic E-state index is -0.341. The molecule has 0 spiro atoms. The summed E-state index contributed by atoms with van der Waals surface area (Å²) in [4.78, 5) is 28.6. The van der Waals surface area contributed by atoms with Crippen LogP contribution in [0.5, 0.6) is 0 Å². The summed E-state index contributed by atoms with van der Waals surface area (Å²) in [5.41, 5.74) is 3.33. The molecule has 1 aliphatic rings. The Morgan fingerprint density at radius 3 is 2.44 bits per heavy atom. The fourth-order valence-electron chi connectivity index (χ4n) is 3.96. The second-order valence-electron chi connectivity index (χ2n) is 8.62. The fraction of sp³-hybridized carbons (Fsp3) is 0.800. The SMILES string of the molecule is CCC=NC(N(CC/C=C\CCC(=O)CCC)NCC)C1(COC(=O)NCCC)CCC1. The molecule has 1 saturated carbocycles. The van der Waals surface area contributed by atoms with Gasteiger partial charge >= 0.3 is 6.09 Å². The maximum Gasteiger partial charge on any atom is 0.407 e. The number of rotatable bonds is 18. The molecule has 0 bridgehead atoms. The Morgan fingerprint density at radius 2 is 1.84 bits per heavy atom. The Balaban J connectivity index is 2.74. The summed E-state index contributed by atoms with van der Waals surface area (Å²) in [6, 6.07) is 0. The summed E-state index contributed by atoms with van der Waals surface area (Å²) < 4.78 is 5.62. The minimum absolute atomic E-state index is 0.0744. The second kappa shape index (κ2) is 16.8. The molecule has 7 heteroatoms. The Bertz CT molecular complexity index is 588. The van der Waals surface area contributed by atoms with Gasteiger partial charge in [0.05, 0.1) is 0 Å². The number of hydrazine groups is 1. The Labute approximate surface area is 195 Å². The molecule has 0 radical (unpaired) electrons. The number of ketones is 1. The molecule has 0 heterocycles. The van der Waals surface area contributed by atoms with E-state index in [0.717, 1.165) is 64.5 Å². The van der Waals surface area contributed by atoms with Crippen LogP contribution < -0.4 is 10.7 Å². The highest BCUT2D eigenvalue weighted by atomic mass is 16.5. The van der Waals surface area contributed by atoms with Crippen LogP contribution in [-0.2, 0) is 9.53 Å². The van der Waals surface area contributed by atoms with Crippen molar-refractivity contribution in [3.05, 3.63) is 12.2 Å². The van der Waals surface area contributed by atoms with Gasteiger partial charge in [-0.15, -0.1) is 0 Å². The van der Waals surface area contributed by atoms with Crippen LogP contribution in [0, 0.1) is 5.41 Å². The van der Waals surface area contributed by atoms with E-state index in [-0.39, 0.29) is 17.7 Å². The number of nitrogens with one attached hydrogen (secondary N) is 2. The first-order valence-electron chi connectivity index (χ1n) is 12.6. The van der Waals surface area contributed by atoms with Crippen LogP contribution >= 0.6 is 0 Å². The summed E-state index contributed by atoms with van der Waals surface area (Å²) >= 11 is 0. The summed E-state index contributed by atoms with van der Waals surface area (Å²) in [6.45, 7) is 10.9. The van der Waals surface area contributed by atoms with Gasteiger partial charge in [-0.25, -0.2) is 9.80 Å². The molecule has 1 atom stereocenters. The molecule has 1 fully saturated rings. The summed E-state index contributed by atoms with van der Waals surface area (Å²) in [6.07, 6.45) is 14.6. The van der Waals surface area contributed by atoms with Crippen molar-refractivity contribution >= 4 is 18.1 Å². The number of amides is 1. The average molecular weight is 451 g/mol. The van der Waals surface area contributed by atoms with Crippen molar-refractivity contribution in [1.82, 2.24) is 15.8 Å². The van der Waals surface area contributed by atoms with E-state index in [0.29, 0.717) is 31.8 Å².